The number of methoxy groups -OCH3 is 3. The zero-order valence-electron chi connectivity index (χ0n) is 45.1. The number of aromatic nitrogens is 4. The number of ketones is 4. The molecule has 9 aromatic rings. The van der Waals surface area contributed by atoms with Crippen molar-refractivity contribution in [2.45, 2.75) is 13.8 Å². The number of hydrogen-bond acceptors (Lipinski definition) is 18. The Morgan fingerprint density at radius 2 is 0.976 bits per heavy atom. The van der Waals surface area contributed by atoms with Crippen LogP contribution in [0.3, 0.4) is 0 Å². The predicted octanol–water partition coefficient (Wildman–Crippen LogP) is 9.84. The lowest BCUT2D eigenvalue weighted by Crippen LogP contribution is -2.06. The van der Waals surface area contributed by atoms with Crippen LogP contribution in [0, 0.1) is 18.3 Å². The van der Waals surface area contributed by atoms with Gasteiger partial charge in [-0.2, -0.15) is 5.26 Å². The van der Waals surface area contributed by atoms with Crippen molar-refractivity contribution in [1.82, 2.24) is 20.2 Å². The molecule has 0 aliphatic heterocycles. The van der Waals surface area contributed by atoms with Crippen LogP contribution in [0.2, 0.25) is 0 Å². The molecule has 0 unspecified atom stereocenters. The van der Waals surface area contributed by atoms with Gasteiger partial charge in [-0.1, -0.05) is 54.6 Å². The van der Waals surface area contributed by atoms with Gasteiger partial charge in [0.2, 0.25) is 0 Å². The highest BCUT2D eigenvalue weighted by Crippen LogP contribution is 2.29. The second kappa shape index (κ2) is 28.4. The summed E-state index contributed by atoms with van der Waals surface area (Å²) in [6.07, 6.45) is 0. The van der Waals surface area contributed by atoms with E-state index < -0.39 is 11.9 Å². The number of nitrogens with zero attached hydrogens (tertiary/aromatic N) is 5. The van der Waals surface area contributed by atoms with E-state index in [9.17, 15) is 49.2 Å². The lowest BCUT2D eigenvalue weighted by molar-refractivity contribution is 0.0524. The van der Waals surface area contributed by atoms with Gasteiger partial charge < -0.3 is 39.4 Å². The molecule has 1 heterocycles. The summed E-state index contributed by atoms with van der Waals surface area (Å²) in [5, 5.41) is 57.9. The Kier molecular flexibility index (Phi) is 20.8. The van der Waals surface area contributed by atoms with E-state index in [1.54, 1.807) is 117 Å². The average Bonchev–Trinajstić information content (AvgIpc) is 4.00. The van der Waals surface area contributed by atoms with E-state index in [4.69, 9.17) is 19.5 Å². The number of aryl methyl sites for hydroxylation is 1. The maximum atomic E-state index is 12.4. The van der Waals surface area contributed by atoms with E-state index in [-0.39, 0.29) is 51.9 Å². The number of nitriles is 1. The summed E-state index contributed by atoms with van der Waals surface area (Å²) in [7, 11) is 5.88. The average molecular weight is 1100 g/mol. The zero-order valence-corrected chi connectivity index (χ0v) is 45.1. The van der Waals surface area contributed by atoms with Crippen LogP contribution in [0.4, 0.5) is 0 Å². The third-order valence-electron chi connectivity index (χ3n) is 12.1. The van der Waals surface area contributed by atoms with Crippen LogP contribution in [0.1, 0.15) is 102 Å². The summed E-state index contributed by atoms with van der Waals surface area (Å²) in [6.45, 7) is 3.78. The van der Waals surface area contributed by atoms with Crippen LogP contribution in [0.5, 0.6) is 34.5 Å². The number of esters is 2. The molecule has 19 nitrogen and oxygen atoms in total. The molecule has 0 bridgehead atoms. The second-order valence-corrected chi connectivity index (χ2v) is 17.3. The van der Waals surface area contributed by atoms with Gasteiger partial charge in [-0.25, -0.2) is 14.3 Å². The van der Waals surface area contributed by atoms with E-state index in [1.807, 2.05) is 6.07 Å². The molecular formula is C63H53N5O14. The van der Waals surface area contributed by atoms with Gasteiger partial charge in [-0.05, 0) is 151 Å². The summed E-state index contributed by atoms with van der Waals surface area (Å²) in [5.41, 5.74) is 6.33. The van der Waals surface area contributed by atoms with Gasteiger partial charge in [0, 0.05) is 57.1 Å². The Hall–Kier alpha value is -11.3. The normalized spacial score (nSPS) is 10.1. The minimum Gasteiger partial charge on any atom is -0.508 e. The molecule has 0 fully saturated rings. The maximum absolute atomic E-state index is 12.4. The molecule has 0 atom stereocenters. The van der Waals surface area contributed by atoms with Crippen molar-refractivity contribution in [3.05, 3.63) is 243 Å². The van der Waals surface area contributed by atoms with E-state index in [0.717, 1.165) is 5.56 Å². The van der Waals surface area contributed by atoms with Crippen molar-refractivity contribution in [3.63, 3.8) is 0 Å². The fourth-order valence-electron chi connectivity index (χ4n) is 7.66. The molecular weight excluding hydrogens is 1050 g/mol. The van der Waals surface area contributed by atoms with E-state index in [2.05, 4.69) is 26.3 Å². The Bertz CT molecular complexity index is 3800. The Labute approximate surface area is 470 Å². The van der Waals surface area contributed by atoms with Crippen LogP contribution in [0.25, 0.3) is 11.4 Å². The van der Waals surface area contributed by atoms with Gasteiger partial charge >= 0.3 is 11.9 Å². The van der Waals surface area contributed by atoms with Crippen molar-refractivity contribution < 1.29 is 68.1 Å². The van der Waals surface area contributed by atoms with Crippen LogP contribution < -0.4 is 9.47 Å². The molecule has 0 aliphatic carbocycles. The first kappa shape index (κ1) is 60.0. The summed E-state index contributed by atoms with van der Waals surface area (Å²) in [5.74, 6) is -0.402. The maximum Gasteiger partial charge on any atom is 0.338 e. The Balaban J connectivity index is 0.000000176. The molecule has 9 rings (SSSR count). The van der Waals surface area contributed by atoms with Gasteiger partial charge in [-0.3, -0.25) is 19.2 Å². The number of aromatic hydroxyl groups is 4. The van der Waals surface area contributed by atoms with Gasteiger partial charge in [0.1, 0.15) is 11.5 Å². The molecule has 82 heavy (non-hydrogen) atoms. The third kappa shape index (κ3) is 15.3. The molecule has 0 radical (unpaired) electrons. The molecule has 19 heteroatoms. The Morgan fingerprint density at radius 1 is 0.512 bits per heavy atom. The van der Waals surface area contributed by atoms with Crippen molar-refractivity contribution in [2.24, 2.45) is 7.05 Å². The van der Waals surface area contributed by atoms with Crippen LogP contribution >= 0.6 is 0 Å². The quantitative estimate of drug-likeness (QED) is 0.0582. The first-order valence-electron chi connectivity index (χ1n) is 24.7. The molecule has 4 N–H and O–H groups in total. The lowest BCUT2D eigenvalue weighted by Gasteiger charge is -2.06. The largest absolute Gasteiger partial charge is 0.508 e. The fraction of sp³-hybridized carbons (Fsp3) is 0.111. The highest BCUT2D eigenvalue weighted by molar-refractivity contribution is 6.12. The molecule has 0 saturated heterocycles. The highest BCUT2D eigenvalue weighted by Gasteiger charge is 2.18. The Morgan fingerprint density at radius 3 is 1.46 bits per heavy atom. The van der Waals surface area contributed by atoms with Crippen LogP contribution in [-0.4, -0.2) is 104 Å². The molecule has 0 amide bonds. The molecule has 0 saturated carbocycles. The SMILES string of the molecule is CCOC(=O)c1ccc(C(=O)c2ccc(OC)c(O)c2)cc1.COC(=O)c1ccc(C(=O)c2ccc(O)c(OC)c2)cc1.Cc1c(C#N)cccc1C(=O)c1ccc(O)cc1.Cn1nnnc1-c1cccc(C(=O)c2ccc(O)cc2)c1. The third-order valence-corrected chi connectivity index (χ3v) is 12.1. The highest BCUT2D eigenvalue weighted by atomic mass is 16.5. The standard InChI is InChI=1S/C17H16O5.C16H14O5.C15H12N4O2.C15H11NO2/c1-3-22-17(20)12-6-4-11(5-7-12)16(19)13-8-9-15(21-2)14(18)10-13;1-20-14-9-12(7-8-13(14)17)15(18)10-3-5-11(6-4-10)16(19)21-2;1-19-15(16-17-18-19)12-4-2-3-11(9-12)14(21)10-5-7-13(20)8-6-10;1-10-12(9-16)3-2-4-14(10)15(18)11-5-7-13(17)8-6-11/h4-10,18H,3H2,1-2H3;3-9,17H,1-2H3;2-9,20H,1H3;2-8,17H,1H3. The second-order valence-electron chi connectivity index (χ2n) is 17.3. The topological polar surface area (TPSA) is 288 Å². The minimum absolute atomic E-state index is 0.0323. The van der Waals surface area contributed by atoms with Crippen molar-refractivity contribution in [1.29, 1.82) is 5.26 Å². The number of tetrazole rings is 1. The van der Waals surface area contributed by atoms with Crippen molar-refractivity contribution in [3.8, 4) is 52.0 Å². The lowest BCUT2D eigenvalue weighted by atomic mass is 9.96. The summed E-state index contributed by atoms with van der Waals surface area (Å²) >= 11 is 0. The number of carbonyl (C=O) groups excluding carboxylic acids is 6. The summed E-state index contributed by atoms with van der Waals surface area (Å²) in [4.78, 5) is 72.2. The van der Waals surface area contributed by atoms with E-state index in [0.29, 0.717) is 84.9 Å². The number of ether oxygens (including phenoxy) is 4. The number of rotatable bonds is 14. The smallest absolute Gasteiger partial charge is 0.338 e. The summed E-state index contributed by atoms with van der Waals surface area (Å²) < 4.78 is 20.9. The fourth-order valence-corrected chi connectivity index (χ4v) is 7.66. The first-order chi connectivity index (χ1) is 39.4. The zero-order chi connectivity index (χ0) is 59.5. The molecule has 8 aromatic carbocycles. The van der Waals surface area contributed by atoms with Crippen molar-refractivity contribution in [2.75, 3.05) is 27.9 Å². The minimum atomic E-state index is -0.458. The number of phenols is 4. The van der Waals surface area contributed by atoms with Gasteiger partial charge in [0.05, 0.1) is 50.7 Å². The number of phenolic OH excluding ortho intramolecular Hbond substituents is 4. The molecule has 1 aromatic heterocycles. The number of hydrogen-bond donors (Lipinski definition) is 4. The number of carbonyl (C=O) groups is 6. The molecule has 414 valence electrons. The van der Waals surface area contributed by atoms with E-state index in [1.165, 1.54) is 100 Å². The summed E-state index contributed by atoms with van der Waals surface area (Å²) in [6, 6.07) is 47.6. The van der Waals surface area contributed by atoms with Crippen LogP contribution in [-0.2, 0) is 16.5 Å². The van der Waals surface area contributed by atoms with Gasteiger partial charge in [0.15, 0.2) is 52.0 Å². The van der Waals surface area contributed by atoms with E-state index >= 15 is 0 Å². The monoisotopic (exact) mass is 1100 g/mol. The van der Waals surface area contributed by atoms with Gasteiger partial charge in [-0.15, -0.1) is 5.10 Å². The van der Waals surface area contributed by atoms with Gasteiger partial charge in [0.25, 0.3) is 0 Å². The van der Waals surface area contributed by atoms with Crippen molar-refractivity contribution >= 4 is 35.1 Å². The molecule has 0 aliphatic rings. The number of benzene rings is 8. The molecule has 0 spiro atoms. The van der Waals surface area contributed by atoms with Crippen LogP contribution in [0.15, 0.2) is 176 Å². The predicted molar refractivity (Wildman–Crippen MR) is 300 cm³/mol. The first-order valence-corrected chi connectivity index (χ1v) is 24.7.